The van der Waals surface area contributed by atoms with Crippen LogP contribution in [0.25, 0.3) is 0 Å². The number of nitrogens with zero attached hydrogens (tertiary/aromatic N) is 1. The van der Waals surface area contributed by atoms with Crippen molar-refractivity contribution in [1.29, 1.82) is 0 Å². The van der Waals surface area contributed by atoms with Crippen molar-refractivity contribution in [3.8, 4) is 0 Å². The molecule has 15 heavy (non-hydrogen) atoms. The zero-order chi connectivity index (χ0) is 10.9. The lowest BCUT2D eigenvalue weighted by Gasteiger charge is -2.06. The maximum atomic E-state index is 4.08. The lowest BCUT2D eigenvalue weighted by Crippen LogP contribution is -2.14. The van der Waals surface area contributed by atoms with E-state index in [4.69, 9.17) is 0 Å². The molecule has 0 aliphatic heterocycles. The quantitative estimate of drug-likeness (QED) is 0.694. The Labute approximate surface area is 93.1 Å². The third-order valence-electron chi connectivity index (χ3n) is 2.44. The van der Waals surface area contributed by atoms with Crippen LogP contribution in [0.15, 0.2) is 24.5 Å². The number of pyridine rings is 1. The molecule has 0 saturated heterocycles. The largest absolute Gasteiger partial charge is 0.313 e. The van der Waals surface area contributed by atoms with Gasteiger partial charge in [0.25, 0.3) is 0 Å². The summed E-state index contributed by atoms with van der Waals surface area (Å²) in [4.78, 5) is 4.08. The van der Waals surface area contributed by atoms with Crippen LogP contribution in [0.3, 0.4) is 0 Å². The molecule has 0 aromatic carbocycles. The van der Waals surface area contributed by atoms with E-state index in [0.717, 1.165) is 19.0 Å². The van der Waals surface area contributed by atoms with E-state index in [9.17, 15) is 0 Å². The molecule has 0 bridgehead atoms. The minimum absolute atomic E-state index is 0.836. The van der Waals surface area contributed by atoms with E-state index in [2.05, 4.69) is 30.2 Å². The lowest BCUT2D eigenvalue weighted by molar-refractivity contribution is 0.520. The number of unbranched alkanes of at least 4 members (excludes halogenated alkanes) is 1. The van der Waals surface area contributed by atoms with Crippen molar-refractivity contribution >= 4 is 0 Å². The predicted molar refractivity (Wildman–Crippen MR) is 64.6 cm³/mol. The lowest BCUT2D eigenvalue weighted by atomic mass is 10.1. The van der Waals surface area contributed by atoms with Gasteiger partial charge in [-0.2, -0.15) is 0 Å². The molecule has 0 saturated carbocycles. The van der Waals surface area contributed by atoms with Gasteiger partial charge in [0.15, 0.2) is 0 Å². The molecule has 1 aromatic heterocycles. The van der Waals surface area contributed by atoms with Crippen molar-refractivity contribution in [2.24, 2.45) is 5.92 Å². The van der Waals surface area contributed by atoms with Crippen molar-refractivity contribution in [3.63, 3.8) is 0 Å². The Hall–Kier alpha value is -0.890. The summed E-state index contributed by atoms with van der Waals surface area (Å²) in [7, 11) is 0. The smallest absolute Gasteiger partial charge is 0.0312 e. The van der Waals surface area contributed by atoms with E-state index >= 15 is 0 Å². The van der Waals surface area contributed by atoms with Gasteiger partial charge in [0, 0.05) is 18.9 Å². The summed E-state index contributed by atoms with van der Waals surface area (Å²) in [6.07, 6.45) is 7.68. The highest BCUT2D eigenvalue weighted by Gasteiger charge is 1.94. The molecule has 1 heterocycles. The second kappa shape index (κ2) is 7.41. The highest BCUT2D eigenvalue weighted by Crippen LogP contribution is 2.05. The summed E-state index contributed by atoms with van der Waals surface area (Å²) in [6, 6.07) is 4.09. The molecular formula is C13H22N2. The first-order valence-corrected chi connectivity index (χ1v) is 5.88. The van der Waals surface area contributed by atoms with E-state index in [1.807, 2.05) is 18.5 Å². The number of rotatable bonds is 7. The Kier molecular flexibility index (Phi) is 6.02. The fourth-order valence-corrected chi connectivity index (χ4v) is 1.54. The SMILES string of the molecule is CC(C)CCCCNCc1cccnc1. The zero-order valence-corrected chi connectivity index (χ0v) is 9.87. The monoisotopic (exact) mass is 206 g/mol. The molecule has 2 heteroatoms. The molecule has 1 aromatic rings. The van der Waals surface area contributed by atoms with Gasteiger partial charge in [0.1, 0.15) is 0 Å². The Morgan fingerprint density at radius 2 is 2.20 bits per heavy atom. The topological polar surface area (TPSA) is 24.9 Å². The van der Waals surface area contributed by atoms with Crippen LogP contribution in [-0.2, 0) is 6.54 Å². The number of hydrogen-bond acceptors (Lipinski definition) is 2. The Morgan fingerprint density at radius 1 is 1.33 bits per heavy atom. The molecule has 84 valence electrons. The van der Waals surface area contributed by atoms with Gasteiger partial charge in [-0.05, 0) is 30.5 Å². The molecule has 1 N–H and O–H groups in total. The first-order valence-electron chi connectivity index (χ1n) is 5.88. The molecule has 2 nitrogen and oxygen atoms in total. The molecule has 0 aliphatic rings. The molecule has 0 spiro atoms. The number of aromatic nitrogens is 1. The van der Waals surface area contributed by atoms with Crippen LogP contribution < -0.4 is 5.32 Å². The fraction of sp³-hybridized carbons (Fsp3) is 0.615. The zero-order valence-electron chi connectivity index (χ0n) is 9.87. The fourth-order valence-electron chi connectivity index (χ4n) is 1.54. The Morgan fingerprint density at radius 3 is 2.87 bits per heavy atom. The summed E-state index contributed by atoms with van der Waals surface area (Å²) in [6.45, 7) is 6.61. The van der Waals surface area contributed by atoms with Gasteiger partial charge in [0.05, 0.1) is 0 Å². The van der Waals surface area contributed by atoms with Crippen LogP contribution in [-0.4, -0.2) is 11.5 Å². The Balaban J connectivity index is 1.98. The molecule has 0 unspecified atom stereocenters. The minimum Gasteiger partial charge on any atom is -0.313 e. The molecule has 0 fully saturated rings. The first-order chi connectivity index (χ1) is 7.29. The minimum atomic E-state index is 0.836. The number of nitrogens with one attached hydrogen (secondary N) is 1. The average molecular weight is 206 g/mol. The second-order valence-electron chi connectivity index (χ2n) is 4.43. The molecule has 1 rings (SSSR count). The Bertz CT molecular complexity index is 244. The van der Waals surface area contributed by atoms with Crippen molar-refractivity contribution in [3.05, 3.63) is 30.1 Å². The van der Waals surface area contributed by atoms with E-state index in [1.165, 1.54) is 24.8 Å². The third-order valence-corrected chi connectivity index (χ3v) is 2.44. The summed E-state index contributed by atoms with van der Waals surface area (Å²) in [5.41, 5.74) is 1.27. The first kappa shape index (κ1) is 12.2. The number of hydrogen-bond donors (Lipinski definition) is 1. The van der Waals surface area contributed by atoms with E-state index < -0.39 is 0 Å². The van der Waals surface area contributed by atoms with Gasteiger partial charge in [-0.1, -0.05) is 32.8 Å². The molecule has 0 atom stereocenters. The van der Waals surface area contributed by atoms with Crippen LogP contribution >= 0.6 is 0 Å². The van der Waals surface area contributed by atoms with Gasteiger partial charge in [-0.3, -0.25) is 4.98 Å². The van der Waals surface area contributed by atoms with Crippen LogP contribution in [0, 0.1) is 5.92 Å². The van der Waals surface area contributed by atoms with Gasteiger partial charge in [0.2, 0.25) is 0 Å². The van der Waals surface area contributed by atoms with Gasteiger partial charge >= 0.3 is 0 Å². The maximum absolute atomic E-state index is 4.08. The predicted octanol–water partition coefficient (Wildman–Crippen LogP) is 3.00. The molecule has 0 amide bonds. The maximum Gasteiger partial charge on any atom is 0.0312 e. The van der Waals surface area contributed by atoms with Crippen LogP contribution in [0.5, 0.6) is 0 Å². The summed E-state index contributed by atoms with van der Waals surface area (Å²) in [5, 5.41) is 3.44. The summed E-state index contributed by atoms with van der Waals surface area (Å²) >= 11 is 0. The normalized spacial score (nSPS) is 10.9. The van der Waals surface area contributed by atoms with Crippen molar-refractivity contribution in [2.75, 3.05) is 6.54 Å². The van der Waals surface area contributed by atoms with Crippen LogP contribution in [0.4, 0.5) is 0 Å². The third kappa shape index (κ3) is 6.24. The summed E-state index contributed by atoms with van der Waals surface area (Å²) in [5.74, 6) is 0.836. The second-order valence-corrected chi connectivity index (χ2v) is 4.43. The van der Waals surface area contributed by atoms with Crippen molar-refractivity contribution in [2.45, 2.75) is 39.7 Å². The van der Waals surface area contributed by atoms with Crippen LogP contribution in [0.2, 0.25) is 0 Å². The summed E-state index contributed by atoms with van der Waals surface area (Å²) < 4.78 is 0. The van der Waals surface area contributed by atoms with E-state index in [-0.39, 0.29) is 0 Å². The molecular weight excluding hydrogens is 184 g/mol. The average Bonchev–Trinajstić information content (AvgIpc) is 2.24. The highest BCUT2D eigenvalue weighted by atomic mass is 14.8. The van der Waals surface area contributed by atoms with E-state index in [0.29, 0.717) is 0 Å². The van der Waals surface area contributed by atoms with Gasteiger partial charge in [-0.15, -0.1) is 0 Å². The van der Waals surface area contributed by atoms with Gasteiger partial charge < -0.3 is 5.32 Å². The van der Waals surface area contributed by atoms with E-state index in [1.54, 1.807) is 0 Å². The molecule has 0 aliphatic carbocycles. The van der Waals surface area contributed by atoms with Crippen LogP contribution in [0.1, 0.15) is 38.7 Å². The standard InChI is InChI=1S/C13H22N2/c1-12(2)6-3-4-8-14-10-13-7-5-9-15-11-13/h5,7,9,11-12,14H,3-4,6,8,10H2,1-2H3. The van der Waals surface area contributed by atoms with Gasteiger partial charge in [-0.25, -0.2) is 0 Å². The highest BCUT2D eigenvalue weighted by molar-refractivity contribution is 5.07. The molecule has 0 radical (unpaired) electrons. The van der Waals surface area contributed by atoms with Crippen molar-refractivity contribution < 1.29 is 0 Å². The van der Waals surface area contributed by atoms with Crippen molar-refractivity contribution in [1.82, 2.24) is 10.3 Å².